The minimum absolute atomic E-state index is 0.194. The van der Waals surface area contributed by atoms with Gasteiger partial charge < -0.3 is 9.87 Å². The molecule has 1 rings (SSSR count). The van der Waals surface area contributed by atoms with Crippen molar-refractivity contribution in [1.29, 1.82) is 0 Å². The summed E-state index contributed by atoms with van der Waals surface area (Å²) < 4.78 is 33.5. The minimum atomic E-state index is -4.41. The van der Waals surface area contributed by atoms with E-state index < -0.39 is 10.4 Å². The molecule has 0 aromatic heterocycles. The third-order valence-corrected chi connectivity index (χ3v) is 10.8. The van der Waals surface area contributed by atoms with E-state index in [0.717, 1.165) is 39.5 Å². The van der Waals surface area contributed by atoms with E-state index in [4.69, 9.17) is 0 Å². The van der Waals surface area contributed by atoms with Gasteiger partial charge in [0, 0.05) is 6.42 Å². The molecule has 306 valence electrons. The summed E-state index contributed by atoms with van der Waals surface area (Å²) in [7, 11) is -3.60. The summed E-state index contributed by atoms with van der Waals surface area (Å²) in [5, 5.41) is 6.94. The molecule has 0 saturated carbocycles. The van der Waals surface area contributed by atoms with E-state index >= 15 is 0 Å². The number of amides is 1. The molecule has 0 spiro atoms. The normalized spacial score (nSPS) is 14.9. The minimum Gasteiger partial charge on any atom is -0.726 e. The molecule has 0 saturated heterocycles. The summed E-state index contributed by atoms with van der Waals surface area (Å²) in [4.78, 5) is 13.1. The van der Waals surface area contributed by atoms with Gasteiger partial charge in [-0.15, -0.1) is 0 Å². The zero-order valence-electron chi connectivity index (χ0n) is 34.6. The van der Waals surface area contributed by atoms with Crippen molar-refractivity contribution in [3.63, 3.8) is 0 Å². The predicted octanol–water partition coefficient (Wildman–Crippen LogP) is 11.1. The van der Waals surface area contributed by atoms with Gasteiger partial charge in [-0.25, -0.2) is 8.42 Å². The second-order valence-electron chi connectivity index (χ2n) is 15.1. The molecular formula is C43H83N3O5S. The Bertz CT molecular complexity index is 1030. The van der Waals surface area contributed by atoms with Gasteiger partial charge in [0.05, 0.1) is 12.6 Å². The van der Waals surface area contributed by atoms with Gasteiger partial charge in [-0.1, -0.05) is 141 Å². The van der Waals surface area contributed by atoms with Gasteiger partial charge in [-0.3, -0.25) is 18.9 Å². The molecular weight excluding hydrogens is 671 g/mol. The Kier molecular flexibility index (Phi) is 33.9. The number of unbranched alkanes of at least 4 members (excludes halogenated alkanes) is 21. The Balaban J connectivity index is 0.00000397. The Morgan fingerprint density at radius 2 is 1.15 bits per heavy atom. The molecule has 0 aliphatic carbocycles. The number of carbonyl (C=O) groups excluding carboxylic acids is 1. The lowest BCUT2D eigenvalue weighted by Crippen LogP contribution is -2.58. The highest BCUT2D eigenvalue weighted by Crippen LogP contribution is 2.24. The lowest BCUT2D eigenvalue weighted by molar-refractivity contribution is -0.565. The van der Waals surface area contributed by atoms with Crippen molar-refractivity contribution < 1.29 is 26.5 Å². The maximum Gasteiger partial charge on any atom is 0.232 e. The zero-order chi connectivity index (χ0) is 38.6. The van der Waals surface area contributed by atoms with Crippen LogP contribution in [-0.4, -0.2) is 61.6 Å². The first-order valence-corrected chi connectivity index (χ1v) is 22.9. The fraction of sp³-hybridized carbons (Fsp3) is 0.860. The third kappa shape index (κ3) is 30.7. The molecule has 8 nitrogen and oxygen atoms in total. The molecule has 0 bridgehead atoms. The summed E-state index contributed by atoms with van der Waals surface area (Å²) in [6.45, 7) is 11.1. The van der Waals surface area contributed by atoms with Gasteiger partial charge in [-0.2, -0.15) is 0 Å². The van der Waals surface area contributed by atoms with Crippen molar-refractivity contribution in [1.82, 2.24) is 10.6 Å². The van der Waals surface area contributed by atoms with Gasteiger partial charge in [0.15, 0.2) is 0 Å². The van der Waals surface area contributed by atoms with Gasteiger partial charge in [0.1, 0.15) is 19.1 Å². The molecule has 0 radical (unpaired) electrons. The number of nitrogens with zero attached hydrogens (tertiary/aromatic N) is 1. The number of allylic oxidation sites excluding steroid dienone is 4. The SMILES string of the molecule is CCCCCCCC/C=C\CCCCCCCC(=O)NC(C)(CC)C(CCCCCC/C=C\CCCCCCCC)[N+]1=CNCC1.COS(=O)(=O)[O-]. The highest BCUT2D eigenvalue weighted by atomic mass is 32.3. The fourth-order valence-electron chi connectivity index (χ4n) is 6.91. The second kappa shape index (κ2) is 35.0. The molecule has 52 heavy (non-hydrogen) atoms. The second-order valence-corrected chi connectivity index (χ2v) is 16.2. The van der Waals surface area contributed by atoms with Crippen LogP contribution in [0.3, 0.4) is 0 Å². The Morgan fingerprint density at radius 3 is 1.54 bits per heavy atom. The van der Waals surface area contributed by atoms with E-state index in [1.807, 2.05) is 0 Å². The van der Waals surface area contributed by atoms with E-state index in [1.54, 1.807) is 0 Å². The molecule has 0 fully saturated rings. The lowest BCUT2D eigenvalue weighted by Gasteiger charge is -2.37. The van der Waals surface area contributed by atoms with Crippen molar-refractivity contribution in [2.75, 3.05) is 20.2 Å². The van der Waals surface area contributed by atoms with Crippen molar-refractivity contribution in [2.24, 2.45) is 0 Å². The Labute approximate surface area is 322 Å². The van der Waals surface area contributed by atoms with Crippen LogP contribution in [0.5, 0.6) is 0 Å². The highest BCUT2D eigenvalue weighted by molar-refractivity contribution is 7.80. The number of hydrogen-bond donors (Lipinski definition) is 2. The maximum atomic E-state index is 13.1. The van der Waals surface area contributed by atoms with Crippen LogP contribution in [0.25, 0.3) is 0 Å². The van der Waals surface area contributed by atoms with Crippen LogP contribution in [-0.2, 0) is 19.4 Å². The summed E-state index contributed by atoms with van der Waals surface area (Å²) >= 11 is 0. The van der Waals surface area contributed by atoms with E-state index in [0.29, 0.717) is 12.5 Å². The average molecular weight is 754 g/mol. The van der Waals surface area contributed by atoms with Crippen molar-refractivity contribution in [3.05, 3.63) is 24.3 Å². The molecule has 1 aliphatic rings. The monoisotopic (exact) mass is 754 g/mol. The summed E-state index contributed by atoms with van der Waals surface area (Å²) in [5.41, 5.74) is -0.194. The summed E-state index contributed by atoms with van der Waals surface area (Å²) in [6, 6.07) is 0.350. The molecule has 2 atom stereocenters. The summed E-state index contributed by atoms with van der Waals surface area (Å²) in [6.07, 6.45) is 47.2. The quantitative estimate of drug-likeness (QED) is 0.0223. The lowest BCUT2D eigenvalue weighted by atomic mass is 9.84. The van der Waals surface area contributed by atoms with Crippen LogP contribution >= 0.6 is 0 Å². The molecule has 1 aliphatic heterocycles. The van der Waals surface area contributed by atoms with Crippen LogP contribution < -0.4 is 10.6 Å². The van der Waals surface area contributed by atoms with Gasteiger partial charge >= 0.3 is 0 Å². The topological polar surface area (TPSA) is 111 Å². The first-order chi connectivity index (χ1) is 25.1. The molecule has 0 aromatic carbocycles. The van der Waals surface area contributed by atoms with Crippen molar-refractivity contribution in [3.8, 4) is 0 Å². The van der Waals surface area contributed by atoms with Crippen LogP contribution in [0, 0.1) is 0 Å². The first-order valence-electron chi connectivity index (χ1n) is 21.6. The van der Waals surface area contributed by atoms with Gasteiger partial charge in [0.2, 0.25) is 22.6 Å². The highest BCUT2D eigenvalue weighted by Gasteiger charge is 2.39. The Hall–Kier alpha value is -1.71. The molecule has 0 aromatic rings. The number of carbonyl (C=O) groups is 1. The number of rotatable bonds is 34. The summed E-state index contributed by atoms with van der Waals surface area (Å²) in [5.74, 6) is 0.242. The maximum absolute atomic E-state index is 13.1. The molecule has 1 amide bonds. The largest absolute Gasteiger partial charge is 0.726 e. The molecule has 1 heterocycles. The smallest absolute Gasteiger partial charge is 0.232 e. The van der Waals surface area contributed by atoms with Crippen molar-refractivity contribution >= 4 is 22.6 Å². The standard InChI is InChI=1S/C42H79N3O.CH4O4S/c1-5-8-10-12-14-16-18-20-22-24-26-28-30-32-34-36-41(46)44-42(4,7-3)40(45-38-37-43-39-45)35-33-31-29-27-25-23-21-19-17-15-13-11-9-6-2;1-5-6(2,3)4/h20-23,39-40H,5-19,24-38H2,1-4H3,(H,44,46);1H3,(H,2,3,4)/b22-20-,23-21-;. The van der Waals surface area contributed by atoms with Crippen LogP contribution in [0.1, 0.15) is 207 Å². The first kappa shape index (κ1) is 50.3. The number of nitrogens with one attached hydrogen (secondary N) is 2. The van der Waals surface area contributed by atoms with E-state index in [9.17, 15) is 17.8 Å². The van der Waals surface area contributed by atoms with E-state index in [1.165, 1.54) is 154 Å². The Morgan fingerprint density at radius 1 is 0.750 bits per heavy atom. The van der Waals surface area contributed by atoms with Crippen LogP contribution in [0.4, 0.5) is 0 Å². The van der Waals surface area contributed by atoms with Gasteiger partial charge in [-0.05, 0) is 84.0 Å². The fourth-order valence-corrected chi connectivity index (χ4v) is 6.91. The van der Waals surface area contributed by atoms with Gasteiger partial charge in [0.25, 0.3) is 0 Å². The molecule has 2 unspecified atom stereocenters. The van der Waals surface area contributed by atoms with E-state index in [2.05, 4.69) is 77.7 Å². The number of hydrogen-bond acceptors (Lipinski definition) is 6. The van der Waals surface area contributed by atoms with Crippen molar-refractivity contribution in [2.45, 2.75) is 219 Å². The van der Waals surface area contributed by atoms with E-state index in [-0.39, 0.29) is 11.4 Å². The molecule has 2 N–H and O–H groups in total. The zero-order valence-corrected chi connectivity index (χ0v) is 35.4. The van der Waals surface area contributed by atoms with Crippen LogP contribution in [0.2, 0.25) is 0 Å². The predicted molar refractivity (Wildman–Crippen MR) is 221 cm³/mol. The van der Waals surface area contributed by atoms with Crippen LogP contribution in [0.15, 0.2) is 24.3 Å². The molecule has 9 heteroatoms. The average Bonchev–Trinajstić information content (AvgIpc) is 3.66. The third-order valence-electron chi connectivity index (χ3n) is 10.4.